The summed E-state index contributed by atoms with van der Waals surface area (Å²) in [5.74, 6) is -2.79. The molecule has 1 aromatic heterocycles. The number of rotatable bonds is 6. The number of ether oxygens (including phenoxy) is 1. The molecule has 2 aromatic carbocycles. The van der Waals surface area contributed by atoms with Crippen LogP contribution in [0.4, 0.5) is 0 Å². The van der Waals surface area contributed by atoms with Crippen LogP contribution < -0.4 is 10.9 Å². The predicted molar refractivity (Wildman–Crippen MR) is 112 cm³/mol. The van der Waals surface area contributed by atoms with Gasteiger partial charge >= 0.3 is 5.97 Å². The standard InChI is InChI=1S/C23H17N3O7/c27-19(24-25-20(28)14-5-2-1-3-6-14)13-33-23(31)15-8-9-17-18(11-15)22(30)26(21(17)29)12-16-7-4-10-32-16/h1-11H,12-13H2,(H,24,27)(H,25,28). The minimum atomic E-state index is -0.868. The molecule has 1 aliphatic heterocycles. The molecule has 0 bridgehead atoms. The summed E-state index contributed by atoms with van der Waals surface area (Å²) in [5.41, 5.74) is 4.89. The van der Waals surface area contributed by atoms with Gasteiger partial charge in [-0.2, -0.15) is 0 Å². The molecule has 33 heavy (non-hydrogen) atoms. The van der Waals surface area contributed by atoms with E-state index in [0.29, 0.717) is 11.3 Å². The Bertz CT molecular complexity index is 1240. The van der Waals surface area contributed by atoms with Gasteiger partial charge in [-0.3, -0.25) is 34.9 Å². The van der Waals surface area contributed by atoms with Gasteiger partial charge in [0, 0.05) is 5.56 Å². The van der Waals surface area contributed by atoms with E-state index in [9.17, 15) is 24.0 Å². The third kappa shape index (κ3) is 4.64. The second-order valence-electron chi connectivity index (χ2n) is 6.98. The maximum Gasteiger partial charge on any atom is 0.338 e. The van der Waals surface area contributed by atoms with Gasteiger partial charge in [-0.1, -0.05) is 18.2 Å². The lowest BCUT2D eigenvalue weighted by atomic mass is 10.1. The minimum Gasteiger partial charge on any atom is -0.467 e. The lowest BCUT2D eigenvalue weighted by molar-refractivity contribution is -0.125. The topological polar surface area (TPSA) is 135 Å². The van der Waals surface area contributed by atoms with E-state index in [1.807, 2.05) is 0 Å². The van der Waals surface area contributed by atoms with Crippen molar-refractivity contribution in [2.24, 2.45) is 0 Å². The number of carbonyl (C=O) groups excluding carboxylic acids is 5. The van der Waals surface area contributed by atoms with Crippen molar-refractivity contribution in [2.45, 2.75) is 6.54 Å². The van der Waals surface area contributed by atoms with Crippen molar-refractivity contribution in [3.8, 4) is 0 Å². The Morgan fingerprint density at radius 3 is 2.33 bits per heavy atom. The number of amides is 4. The molecule has 2 heterocycles. The molecule has 0 aliphatic carbocycles. The van der Waals surface area contributed by atoms with Crippen LogP contribution in [0, 0.1) is 0 Å². The van der Waals surface area contributed by atoms with E-state index in [1.54, 1.807) is 42.5 Å². The van der Waals surface area contributed by atoms with Crippen molar-refractivity contribution in [3.63, 3.8) is 0 Å². The van der Waals surface area contributed by atoms with E-state index in [-0.39, 0.29) is 23.2 Å². The number of carbonyl (C=O) groups is 5. The van der Waals surface area contributed by atoms with Crippen molar-refractivity contribution in [1.29, 1.82) is 0 Å². The Morgan fingerprint density at radius 1 is 0.848 bits per heavy atom. The Labute approximate surface area is 187 Å². The number of nitrogens with zero attached hydrogens (tertiary/aromatic N) is 1. The van der Waals surface area contributed by atoms with Crippen LogP contribution in [0.2, 0.25) is 0 Å². The molecule has 0 fully saturated rings. The average Bonchev–Trinajstić information content (AvgIpc) is 3.44. The number of fused-ring (bicyclic) bond motifs is 1. The molecule has 4 amide bonds. The monoisotopic (exact) mass is 447 g/mol. The molecule has 0 unspecified atom stereocenters. The molecular formula is C23H17N3O7. The molecule has 2 N–H and O–H groups in total. The molecule has 166 valence electrons. The number of hydrazine groups is 1. The summed E-state index contributed by atoms with van der Waals surface area (Å²) in [6.07, 6.45) is 1.44. The minimum absolute atomic E-state index is 0.00382. The van der Waals surface area contributed by atoms with Crippen LogP contribution in [0.15, 0.2) is 71.3 Å². The van der Waals surface area contributed by atoms with Gasteiger partial charge in [-0.25, -0.2) is 4.79 Å². The molecule has 3 aromatic rings. The van der Waals surface area contributed by atoms with Crippen molar-refractivity contribution in [3.05, 3.63) is 94.9 Å². The molecule has 0 saturated carbocycles. The van der Waals surface area contributed by atoms with Crippen molar-refractivity contribution in [1.82, 2.24) is 15.8 Å². The van der Waals surface area contributed by atoms with Gasteiger partial charge in [0.2, 0.25) is 0 Å². The largest absolute Gasteiger partial charge is 0.467 e. The molecule has 10 nitrogen and oxygen atoms in total. The number of nitrogens with one attached hydrogen (secondary N) is 2. The van der Waals surface area contributed by atoms with E-state index in [2.05, 4.69) is 10.9 Å². The van der Waals surface area contributed by atoms with E-state index < -0.39 is 36.2 Å². The SMILES string of the molecule is O=C(COC(=O)c1ccc2c(c1)C(=O)N(Cc1ccco1)C2=O)NNC(=O)c1ccccc1. The first-order chi connectivity index (χ1) is 15.9. The summed E-state index contributed by atoms with van der Waals surface area (Å²) in [6.45, 7) is -0.698. The fraction of sp³-hybridized carbons (Fsp3) is 0.0870. The molecule has 1 aliphatic rings. The van der Waals surface area contributed by atoms with Gasteiger partial charge in [-0.15, -0.1) is 0 Å². The number of furan rings is 1. The molecule has 4 rings (SSSR count). The maximum atomic E-state index is 12.6. The van der Waals surface area contributed by atoms with Gasteiger partial charge in [0.25, 0.3) is 23.6 Å². The third-order valence-corrected chi connectivity index (χ3v) is 4.79. The van der Waals surface area contributed by atoms with Crippen LogP contribution in [-0.4, -0.2) is 41.1 Å². The second kappa shape index (κ2) is 9.18. The summed E-state index contributed by atoms with van der Waals surface area (Å²) >= 11 is 0. The fourth-order valence-electron chi connectivity index (χ4n) is 3.16. The predicted octanol–water partition coefficient (Wildman–Crippen LogP) is 1.69. The van der Waals surface area contributed by atoms with E-state index in [0.717, 1.165) is 4.90 Å². The van der Waals surface area contributed by atoms with Crippen LogP contribution in [0.5, 0.6) is 0 Å². The van der Waals surface area contributed by atoms with Gasteiger partial charge < -0.3 is 9.15 Å². The van der Waals surface area contributed by atoms with Crippen LogP contribution >= 0.6 is 0 Å². The lowest BCUT2D eigenvalue weighted by Gasteiger charge is -2.11. The Balaban J connectivity index is 1.33. The van der Waals surface area contributed by atoms with Gasteiger partial charge in [0.15, 0.2) is 6.61 Å². The van der Waals surface area contributed by atoms with Gasteiger partial charge in [-0.05, 0) is 42.5 Å². The highest BCUT2D eigenvalue weighted by Crippen LogP contribution is 2.26. The molecular weight excluding hydrogens is 430 g/mol. The zero-order valence-corrected chi connectivity index (χ0v) is 17.1. The van der Waals surface area contributed by atoms with Crippen molar-refractivity contribution < 1.29 is 33.1 Å². The van der Waals surface area contributed by atoms with Gasteiger partial charge in [0.1, 0.15) is 5.76 Å². The van der Waals surface area contributed by atoms with E-state index >= 15 is 0 Å². The zero-order chi connectivity index (χ0) is 23.4. The molecule has 0 spiro atoms. The highest BCUT2D eigenvalue weighted by atomic mass is 16.5. The average molecular weight is 447 g/mol. The first-order valence-electron chi connectivity index (χ1n) is 9.78. The Hall–Kier alpha value is -4.73. The Morgan fingerprint density at radius 2 is 1.61 bits per heavy atom. The van der Waals surface area contributed by atoms with E-state index in [4.69, 9.17) is 9.15 Å². The smallest absolute Gasteiger partial charge is 0.338 e. The van der Waals surface area contributed by atoms with Crippen molar-refractivity contribution >= 4 is 29.6 Å². The molecule has 10 heteroatoms. The first-order valence-corrected chi connectivity index (χ1v) is 9.78. The molecule has 0 atom stereocenters. The summed E-state index contributed by atoms with van der Waals surface area (Å²) in [5, 5.41) is 0. The van der Waals surface area contributed by atoms with Crippen LogP contribution in [0.25, 0.3) is 0 Å². The molecule has 0 radical (unpaired) electrons. The summed E-state index contributed by atoms with van der Waals surface area (Å²) < 4.78 is 10.1. The summed E-state index contributed by atoms with van der Waals surface area (Å²) in [4.78, 5) is 62.3. The summed E-state index contributed by atoms with van der Waals surface area (Å²) in [7, 11) is 0. The quantitative estimate of drug-likeness (QED) is 0.334. The number of esters is 1. The number of benzene rings is 2. The van der Waals surface area contributed by atoms with E-state index in [1.165, 1.54) is 24.5 Å². The van der Waals surface area contributed by atoms with Crippen LogP contribution in [0.1, 0.15) is 47.2 Å². The van der Waals surface area contributed by atoms with Crippen LogP contribution in [0.3, 0.4) is 0 Å². The highest BCUT2D eigenvalue weighted by Gasteiger charge is 2.36. The fourth-order valence-corrected chi connectivity index (χ4v) is 3.16. The normalized spacial score (nSPS) is 12.3. The highest BCUT2D eigenvalue weighted by molar-refractivity contribution is 6.21. The zero-order valence-electron chi connectivity index (χ0n) is 17.1. The Kier molecular flexibility index (Phi) is 5.98. The summed E-state index contributed by atoms with van der Waals surface area (Å²) in [6, 6.07) is 15.4. The number of hydrogen-bond acceptors (Lipinski definition) is 7. The first kappa shape index (κ1) is 21.5. The maximum absolute atomic E-state index is 12.6. The lowest BCUT2D eigenvalue weighted by Crippen LogP contribution is -2.43. The third-order valence-electron chi connectivity index (χ3n) is 4.79. The van der Waals surface area contributed by atoms with Gasteiger partial charge in [0.05, 0.1) is 29.5 Å². The second-order valence-corrected chi connectivity index (χ2v) is 6.98. The number of hydrogen-bond donors (Lipinski definition) is 2. The molecule has 0 saturated heterocycles. The van der Waals surface area contributed by atoms with Crippen LogP contribution in [-0.2, 0) is 16.1 Å². The number of imide groups is 1. The van der Waals surface area contributed by atoms with Crippen molar-refractivity contribution in [2.75, 3.05) is 6.61 Å².